The Hall–Kier alpha value is -3.15. The molecule has 1 atom stereocenters. The number of hydrogen-bond acceptors (Lipinski definition) is 5. The molecule has 3 rings (SSSR count). The topological polar surface area (TPSA) is 83.9 Å². The fourth-order valence-corrected chi connectivity index (χ4v) is 4.49. The lowest BCUT2D eigenvalue weighted by molar-refractivity contribution is -0.159. The van der Waals surface area contributed by atoms with Crippen molar-refractivity contribution >= 4 is 17.7 Å². The molecule has 2 aromatic rings. The van der Waals surface area contributed by atoms with E-state index in [2.05, 4.69) is 0 Å². The lowest BCUT2D eigenvalue weighted by Crippen LogP contribution is -2.39. The Labute approximate surface area is 201 Å². The number of phenols is 1. The number of aryl methyl sites for hydroxylation is 1. The lowest BCUT2D eigenvalue weighted by atomic mass is 9.80. The van der Waals surface area contributed by atoms with Gasteiger partial charge in [0.1, 0.15) is 23.7 Å². The van der Waals surface area contributed by atoms with Crippen LogP contribution >= 0.6 is 0 Å². The van der Waals surface area contributed by atoms with E-state index in [4.69, 9.17) is 4.74 Å². The number of amides is 1. The summed E-state index contributed by atoms with van der Waals surface area (Å²) >= 11 is 0. The van der Waals surface area contributed by atoms with E-state index in [1.807, 2.05) is 30.3 Å². The van der Waals surface area contributed by atoms with Crippen LogP contribution in [0.25, 0.3) is 0 Å². The minimum atomic E-state index is -0.634. The number of Topliss-reactive ketones (excluding diaryl/α,β-unsaturated/α-hetero) is 1. The molecule has 0 heterocycles. The number of benzene rings is 2. The van der Waals surface area contributed by atoms with Crippen molar-refractivity contribution in [1.29, 1.82) is 0 Å². The summed E-state index contributed by atoms with van der Waals surface area (Å²) in [6.07, 6.45) is 3.41. The van der Waals surface area contributed by atoms with Gasteiger partial charge in [-0.25, -0.2) is 0 Å². The molecule has 0 bridgehead atoms. The van der Waals surface area contributed by atoms with Crippen molar-refractivity contribution in [2.45, 2.75) is 77.9 Å². The van der Waals surface area contributed by atoms with Crippen molar-refractivity contribution in [2.75, 3.05) is 6.54 Å². The minimum absolute atomic E-state index is 0.0518. The molecule has 1 amide bonds. The van der Waals surface area contributed by atoms with Gasteiger partial charge in [-0.3, -0.25) is 14.4 Å². The fraction of sp³-hybridized carbons (Fsp3) is 0.464. The summed E-state index contributed by atoms with van der Waals surface area (Å²) < 4.78 is 5.48. The molecule has 1 N–H and O–H groups in total. The SMILES string of the molecule is CC(=O)Cc1ccc(CN(CC(=O)OC(C)(C)C)C(=O)CC2CCCc3cc(O)ccc32)cc1. The summed E-state index contributed by atoms with van der Waals surface area (Å²) in [5, 5.41) is 9.82. The van der Waals surface area contributed by atoms with E-state index in [1.165, 1.54) is 0 Å². The molecule has 0 spiro atoms. The van der Waals surface area contributed by atoms with Crippen LogP contribution in [0.4, 0.5) is 0 Å². The van der Waals surface area contributed by atoms with Crippen LogP contribution < -0.4 is 0 Å². The van der Waals surface area contributed by atoms with Gasteiger partial charge in [-0.1, -0.05) is 30.3 Å². The van der Waals surface area contributed by atoms with E-state index in [9.17, 15) is 19.5 Å². The number of carbonyl (C=O) groups excluding carboxylic acids is 3. The van der Waals surface area contributed by atoms with Crippen LogP contribution in [0.15, 0.2) is 42.5 Å². The number of phenolic OH excluding ortho intramolecular Hbond substituents is 1. The highest BCUT2D eigenvalue weighted by Crippen LogP contribution is 2.36. The molecule has 0 aliphatic heterocycles. The first-order valence-corrected chi connectivity index (χ1v) is 11.9. The van der Waals surface area contributed by atoms with Crippen LogP contribution in [-0.4, -0.2) is 39.8 Å². The van der Waals surface area contributed by atoms with Crippen LogP contribution in [0, 0.1) is 0 Å². The van der Waals surface area contributed by atoms with Gasteiger partial charge in [0, 0.05) is 19.4 Å². The Bertz CT molecular complexity index is 1040. The van der Waals surface area contributed by atoms with Crippen molar-refractivity contribution in [1.82, 2.24) is 4.90 Å². The predicted octanol–water partition coefficient (Wildman–Crippen LogP) is 4.70. The van der Waals surface area contributed by atoms with Gasteiger partial charge in [-0.2, -0.15) is 0 Å². The first-order valence-electron chi connectivity index (χ1n) is 11.9. The van der Waals surface area contributed by atoms with Gasteiger partial charge < -0.3 is 14.7 Å². The maximum atomic E-state index is 13.4. The molecule has 2 aromatic carbocycles. The van der Waals surface area contributed by atoms with Gasteiger partial charge in [0.15, 0.2) is 0 Å². The molecular weight excluding hydrogens is 430 g/mol. The highest BCUT2D eigenvalue weighted by Gasteiger charge is 2.27. The number of ether oxygens (including phenoxy) is 1. The molecule has 0 aromatic heterocycles. The summed E-state index contributed by atoms with van der Waals surface area (Å²) in [7, 11) is 0. The average molecular weight is 466 g/mol. The maximum absolute atomic E-state index is 13.4. The first-order chi connectivity index (χ1) is 16.0. The Balaban J connectivity index is 1.77. The number of carbonyl (C=O) groups is 3. The van der Waals surface area contributed by atoms with Crippen molar-refractivity contribution in [3.05, 3.63) is 64.7 Å². The molecule has 34 heavy (non-hydrogen) atoms. The molecule has 1 aliphatic rings. The standard InChI is InChI=1S/C28H35NO5/c1-19(30)14-20-8-10-21(11-9-20)17-29(18-27(33)34-28(2,3)4)26(32)16-23-7-5-6-22-15-24(31)12-13-25(22)23/h8-13,15,23,31H,5-7,14,16-18H2,1-4H3. The van der Waals surface area contributed by atoms with Gasteiger partial charge in [0.05, 0.1) is 0 Å². The Kier molecular flexibility index (Phi) is 8.13. The molecule has 0 fully saturated rings. The number of ketones is 1. The van der Waals surface area contributed by atoms with E-state index in [1.54, 1.807) is 44.7 Å². The third-order valence-corrected chi connectivity index (χ3v) is 5.93. The van der Waals surface area contributed by atoms with Gasteiger partial charge in [0.25, 0.3) is 0 Å². The maximum Gasteiger partial charge on any atom is 0.326 e. The smallest absolute Gasteiger partial charge is 0.326 e. The molecule has 6 nitrogen and oxygen atoms in total. The fourth-order valence-electron chi connectivity index (χ4n) is 4.49. The van der Waals surface area contributed by atoms with Crippen LogP contribution in [-0.2, 0) is 38.5 Å². The highest BCUT2D eigenvalue weighted by molar-refractivity contribution is 5.83. The summed E-state index contributed by atoms with van der Waals surface area (Å²) in [4.78, 5) is 39.0. The second-order valence-electron chi connectivity index (χ2n) is 10.2. The minimum Gasteiger partial charge on any atom is -0.508 e. The molecule has 182 valence electrons. The van der Waals surface area contributed by atoms with Crippen LogP contribution in [0.5, 0.6) is 5.75 Å². The second-order valence-corrected chi connectivity index (χ2v) is 10.2. The predicted molar refractivity (Wildman–Crippen MR) is 130 cm³/mol. The number of fused-ring (bicyclic) bond motifs is 1. The number of aromatic hydroxyl groups is 1. The molecule has 6 heteroatoms. The molecule has 0 radical (unpaired) electrons. The first kappa shape index (κ1) is 25.5. The van der Waals surface area contributed by atoms with Crippen LogP contribution in [0.1, 0.15) is 75.1 Å². The third kappa shape index (κ3) is 7.44. The normalized spacial score (nSPS) is 15.4. The van der Waals surface area contributed by atoms with E-state index in [-0.39, 0.29) is 36.4 Å². The van der Waals surface area contributed by atoms with E-state index in [0.29, 0.717) is 12.8 Å². The zero-order valence-corrected chi connectivity index (χ0v) is 20.6. The molecular formula is C28H35NO5. The van der Waals surface area contributed by atoms with E-state index < -0.39 is 11.6 Å². The second kappa shape index (κ2) is 10.9. The van der Waals surface area contributed by atoms with Gasteiger partial charge in [-0.15, -0.1) is 0 Å². The van der Waals surface area contributed by atoms with Gasteiger partial charge in [0.2, 0.25) is 5.91 Å². The highest BCUT2D eigenvalue weighted by atomic mass is 16.6. The third-order valence-electron chi connectivity index (χ3n) is 5.93. The van der Waals surface area contributed by atoms with Crippen molar-refractivity contribution < 1.29 is 24.2 Å². The Morgan fingerprint density at radius 1 is 1.06 bits per heavy atom. The molecule has 1 unspecified atom stereocenters. The Morgan fingerprint density at radius 2 is 1.74 bits per heavy atom. The zero-order chi connectivity index (χ0) is 24.9. The number of hydrogen-bond donors (Lipinski definition) is 1. The monoisotopic (exact) mass is 465 g/mol. The number of nitrogens with zero attached hydrogens (tertiary/aromatic N) is 1. The molecule has 1 aliphatic carbocycles. The summed E-state index contributed by atoms with van der Waals surface area (Å²) in [5.74, 6) is -0.162. The quantitative estimate of drug-likeness (QED) is 0.571. The van der Waals surface area contributed by atoms with Crippen molar-refractivity contribution in [3.63, 3.8) is 0 Å². The Morgan fingerprint density at radius 3 is 2.38 bits per heavy atom. The summed E-state index contributed by atoms with van der Waals surface area (Å²) in [6, 6.07) is 12.9. The van der Waals surface area contributed by atoms with Crippen LogP contribution in [0.3, 0.4) is 0 Å². The van der Waals surface area contributed by atoms with Crippen LogP contribution in [0.2, 0.25) is 0 Å². The lowest BCUT2D eigenvalue weighted by Gasteiger charge is -2.29. The van der Waals surface area contributed by atoms with Crippen molar-refractivity contribution in [2.24, 2.45) is 0 Å². The number of esters is 1. The molecule has 0 saturated carbocycles. The average Bonchev–Trinajstić information content (AvgIpc) is 2.73. The summed E-state index contributed by atoms with van der Waals surface area (Å²) in [6.45, 7) is 7.13. The van der Waals surface area contributed by atoms with E-state index >= 15 is 0 Å². The summed E-state index contributed by atoms with van der Waals surface area (Å²) in [5.41, 5.74) is 3.36. The van der Waals surface area contributed by atoms with Gasteiger partial charge in [-0.05, 0) is 87.3 Å². The van der Waals surface area contributed by atoms with Crippen molar-refractivity contribution in [3.8, 4) is 5.75 Å². The number of rotatable bonds is 8. The van der Waals surface area contributed by atoms with E-state index in [0.717, 1.165) is 41.5 Å². The molecule has 0 saturated heterocycles. The van der Waals surface area contributed by atoms with Gasteiger partial charge >= 0.3 is 5.97 Å². The largest absolute Gasteiger partial charge is 0.508 e. The zero-order valence-electron chi connectivity index (χ0n) is 20.6.